The standard InChI is InChI=1S/C12H25N3O3.HI/c1-13-12(14-5-7-17-9-8-16-2)15-10-11-4-3-6-18-11;/h11H,3-10H2,1-2H3,(H2,13,14,15);1H. The van der Waals surface area contributed by atoms with Crippen LogP contribution in [0.5, 0.6) is 0 Å². The van der Waals surface area contributed by atoms with Crippen LogP contribution in [0.4, 0.5) is 0 Å². The Bertz CT molecular complexity index is 236. The number of methoxy groups -OCH3 is 1. The van der Waals surface area contributed by atoms with E-state index in [1.807, 2.05) is 0 Å². The van der Waals surface area contributed by atoms with Crippen molar-refractivity contribution in [1.29, 1.82) is 0 Å². The summed E-state index contributed by atoms with van der Waals surface area (Å²) < 4.78 is 15.8. The molecule has 1 saturated heterocycles. The summed E-state index contributed by atoms with van der Waals surface area (Å²) in [7, 11) is 3.43. The van der Waals surface area contributed by atoms with E-state index in [4.69, 9.17) is 14.2 Å². The normalized spacial score (nSPS) is 19.1. The van der Waals surface area contributed by atoms with Gasteiger partial charge in [-0.2, -0.15) is 0 Å². The second-order valence-corrected chi connectivity index (χ2v) is 4.12. The van der Waals surface area contributed by atoms with E-state index in [1.54, 1.807) is 14.2 Å². The molecular formula is C12H26IN3O3. The van der Waals surface area contributed by atoms with Gasteiger partial charge in [0.1, 0.15) is 0 Å². The van der Waals surface area contributed by atoms with Gasteiger partial charge in [0, 0.05) is 33.9 Å². The number of aliphatic imine (C=N–C) groups is 1. The SMILES string of the molecule is CN=C(NCCOCCOC)NCC1CCCO1.I. The maximum Gasteiger partial charge on any atom is 0.191 e. The maximum atomic E-state index is 5.53. The minimum atomic E-state index is 0. The summed E-state index contributed by atoms with van der Waals surface area (Å²) in [6, 6.07) is 0. The molecular weight excluding hydrogens is 361 g/mol. The number of ether oxygens (including phenoxy) is 3. The number of rotatable bonds is 8. The molecule has 0 aliphatic carbocycles. The van der Waals surface area contributed by atoms with Crippen molar-refractivity contribution < 1.29 is 14.2 Å². The van der Waals surface area contributed by atoms with Crippen LogP contribution in [0.15, 0.2) is 4.99 Å². The fraction of sp³-hybridized carbons (Fsp3) is 0.917. The van der Waals surface area contributed by atoms with Gasteiger partial charge < -0.3 is 24.8 Å². The average Bonchev–Trinajstić information content (AvgIpc) is 2.90. The Morgan fingerprint density at radius 2 is 2.16 bits per heavy atom. The molecule has 1 unspecified atom stereocenters. The smallest absolute Gasteiger partial charge is 0.191 e. The molecule has 1 aliphatic rings. The minimum absolute atomic E-state index is 0. The summed E-state index contributed by atoms with van der Waals surface area (Å²) >= 11 is 0. The molecule has 0 saturated carbocycles. The van der Waals surface area contributed by atoms with Crippen LogP contribution >= 0.6 is 24.0 Å². The van der Waals surface area contributed by atoms with E-state index in [-0.39, 0.29) is 24.0 Å². The molecule has 0 aromatic heterocycles. The fourth-order valence-electron chi connectivity index (χ4n) is 1.72. The predicted octanol–water partition coefficient (Wildman–Crippen LogP) is 0.611. The number of nitrogens with one attached hydrogen (secondary N) is 2. The quantitative estimate of drug-likeness (QED) is 0.277. The lowest BCUT2D eigenvalue weighted by molar-refractivity contribution is 0.0732. The lowest BCUT2D eigenvalue weighted by Crippen LogP contribution is -2.42. The zero-order valence-corrected chi connectivity index (χ0v) is 14.1. The van der Waals surface area contributed by atoms with Crippen molar-refractivity contribution in [3.8, 4) is 0 Å². The first kappa shape index (κ1) is 18.9. The Morgan fingerprint density at radius 1 is 1.32 bits per heavy atom. The summed E-state index contributed by atoms with van der Waals surface area (Å²) in [6.07, 6.45) is 2.61. The second kappa shape index (κ2) is 12.9. The van der Waals surface area contributed by atoms with Crippen molar-refractivity contribution in [3.05, 3.63) is 0 Å². The van der Waals surface area contributed by atoms with Crippen molar-refractivity contribution in [3.63, 3.8) is 0 Å². The van der Waals surface area contributed by atoms with Crippen molar-refractivity contribution in [2.75, 3.05) is 53.7 Å². The van der Waals surface area contributed by atoms with E-state index in [1.165, 1.54) is 0 Å². The van der Waals surface area contributed by atoms with Crippen molar-refractivity contribution in [1.82, 2.24) is 10.6 Å². The largest absolute Gasteiger partial charge is 0.382 e. The second-order valence-electron chi connectivity index (χ2n) is 4.12. The number of hydrogen-bond donors (Lipinski definition) is 2. The summed E-state index contributed by atoms with van der Waals surface area (Å²) in [6.45, 7) is 4.32. The number of halogens is 1. The van der Waals surface area contributed by atoms with Crippen LogP contribution in [-0.2, 0) is 14.2 Å². The molecule has 1 atom stereocenters. The molecule has 0 aromatic carbocycles. The van der Waals surface area contributed by atoms with Crippen LogP contribution < -0.4 is 10.6 Å². The molecule has 1 aliphatic heterocycles. The summed E-state index contributed by atoms with van der Waals surface area (Å²) in [5, 5.41) is 6.43. The van der Waals surface area contributed by atoms with Gasteiger partial charge in [0.2, 0.25) is 0 Å². The van der Waals surface area contributed by atoms with Gasteiger partial charge in [0.25, 0.3) is 0 Å². The molecule has 1 fully saturated rings. The first-order valence-electron chi connectivity index (χ1n) is 6.49. The highest BCUT2D eigenvalue weighted by Gasteiger charge is 2.15. The average molecular weight is 387 g/mol. The Balaban J connectivity index is 0.00000324. The highest BCUT2D eigenvalue weighted by Crippen LogP contribution is 2.10. The zero-order valence-electron chi connectivity index (χ0n) is 11.8. The van der Waals surface area contributed by atoms with Crippen molar-refractivity contribution in [2.24, 2.45) is 4.99 Å². The van der Waals surface area contributed by atoms with Crippen LogP contribution in [0.25, 0.3) is 0 Å². The first-order valence-corrected chi connectivity index (χ1v) is 6.49. The lowest BCUT2D eigenvalue weighted by Gasteiger charge is -2.15. The van der Waals surface area contributed by atoms with Crippen LogP contribution in [0, 0.1) is 0 Å². The third-order valence-corrected chi connectivity index (χ3v) is 2.72. The van der Waals surface area contributed by atoms with E-state index in [2.05, 4.69) is 15.6 Å². The van der Waals surface area contributed by atoms with Crippen LogP contribution in [-0.4, -0.2) is 65.7 Å². The lowest BCUT2D eigenvalue weighted by atomic mass is 10.2. The van der Waals surface area contributed by atoms with Gasteiger partial charge in [0.05, 0.1) is 25.9 Å². The topological polar surface area (TPSA) is 64.1 Å². The highest BCUT2D eigenvalue weighted by atomic mass is 127. The summed E-state index contributed by atoms with van der Waals surface area (Å²) in [5.41, 5.74) is 0. The summed E-state index contributed by atoms with van der Waals surface area (Å²) in [4.78, 5) is 4.14. The number of hydrogen-bond acceptors (Lipinski definition) is 4. The summed E-state index contributed by atoms with van der Waals surface area (Å²) in [5.74, 6) is 0.792. The van der Waals surface area contributed by atoms with E-state index < -0.39 is 0 Å². The van der Waals surface area contributed by atoms with Crippen molar-refractivity contribution >= 4 is 29.9 Å². The molecule has 0 amide bonds. The Labute approximate surface area is 132 Å². The van der Waals surface area contributed by atoms with E-state index in [0.717, 1.165) is 38.5 Å². The molecule has 2 N–H and O–H groups in total. The minimum Gasteiger partial charge on any atom is -0.382 e. The van der Waals surface area contributed by atoms with Crippen LogP contribution in [0.1, 0.15) is 12.8 Å². The van der Waals surface area contributed by atoms with Gasteiger partial charge in [-0.1, -0.05) is 0 Å². The van der Waals surface area contributed by atoms with Crippen LogP contribution in [0.2, 0.25) is 0 Å². The molecule has 1 heterocycles. The maximum absolute atomic E-state index is 5.53. The highest BCUT2D eigenvalue weighted by molar-refractivity contribution is 14.0. The van der Waals surface area contributed by atoms with Crippen LogP contribution in [0.3, 0.4) is 0 Å². The van der Waals surface area contributed by atoms with E-state index in [9.17, 15) is 0 Å². The Kier molecular flexibility index (Phi) is 12.8. The fourth-order valence-corrected chi connectivity index (χ4v) is 1.72. The van der Waals surface area contributed by atoms with Crippen molar-refractivity contribution in [2.45, 2.75) is 18.9 Å². The van der Waals surface area contributed by atoms with E-state index in [0.29, 0.717) is 25.9 Å². The predicted molar refractivity (Wildman–Crippen MR) is 86.4 cm³/mol. The molecule has 0 radical (unpaired) electrons. The molecule has 114 valence electrons. The Morgan fingerprint density at radius 3 is 2.79 bits per heavy atom. The third-order valence-electron chi connectivity index (χ3n) is 2.72. The van der Waals surface area contributed by atoms with E-state index >= 15 is 0 Å². The molecule has 7 heteroatoms. The molecule has 0 bridgehead atoms. The van der Waals surface area contributed by atoms with Gasteiger partial charge in [-0.05, 0) is 12.8 Å². The van der Waals surface area contributed by atoms with Gasteiger partial charge in [-0.15, -0.1) is 24.0 Å². The number of nitrogens with zero attached hydrogens (tertiary/aromatic N) is 1. The van der Waals surface area contributed by atoms with Gasteiger partial charge in [-0.25, -0.2) is 0 Å². The third kappa shape index (κ3) is 9.42. The first-order chi connectivity index (χ1) is 8.86. The van der Waals surface area contributed by atoms with Gasteiger partial charge in [-0.3, -0.25) is 4.99 Å². The van der Waals surface area contributed by atoms with Gasteiger partial charge >= 0.3 is 0 Å². The molecule has 0 spiro atoms. The molecule has 1 rings (SSSR count). The zero-order chi connectivity index (χ0) is 13.1. The number of guanidine groups is 1. The monoisotopic (exact) mass is 387 g/mol. The molecule has 6 nitrogen and oxygen atoms in total. The Hall–Kier alpha value is -0.120. The van der Waals surface area contributed by atoms with Gasteiger partial charge in [0.15, 0.2) is 5.96 Å². The molecule has 0 aromatic rings. The molecule has 19 heavy (non-hydrogen) atoms.